The average molecular weight is 679 g/mol. The normalized spacial score (nSPS) is 17.0. The fourth-order valence-electron chi connectivity index (χ4n) is 5.08. The number of piperazine rings is 1. The number of anilines is 1. The molecule has 16 heteroatoms. The number of aromatic hydroxyl groups is 1. The Morgan fingerprint density at radius 3 is 2.61 bits per heavy atom. The lowest BCUT2D eigenvalue weighted by Crippen LogP contribution is -2.61. The van der Waals surface area contributed by atoms with E-state index in [-0.39, 0.29) is 41.5 Å². The third-order valence-electron chi connectivity index (χ3n) is 7.14. The molecule has 244 valence electrons. The van der Waals surface area contributed by atoms with Crippen LogP contribution >= 0.6 is 22.9 Å². The number of ether oxygens (including phenoxy) is 1. The summed E-state index contributed by atoms with van der Waals surface area (Å²) in [6.07, 6.45) is -4.05. The van der Waals surface area contributed by atoms with Crippen LogP contribution in [0.25, 0.3) is 5.57 Å². The maximum absolute atomic E-state index is 14.1. The van der Waals surface area contributed by atoms with Crippen LogP contribution in [0, 0.1) is 0 Å². The van der Waals surface area contributed by atoms with Crippen LogP contribution in [0.4, 0.5) is 23.1 Å². The van der Waals surface area contributed by atoms with Gasteiger partial charge < -0.3 is 14.7 Å². The number of aromatic nitrogens is 1. The Labute approximate surface area is 270 Å². The van der Waals surface area contributed by atoms with Gasteiger partial charge in [0.25, 0.3) is 5.91 Å². The minimum atomic E-state index is -4.68. The molecule has 0 radical (unpaired) electrons. The molecule has 3 heterocycles. The van der Waals surface area contributed by atoms with Crippen LogP contribution in [0.5, 0.6) is 5.88 Å². The summed E-state index contributed by atoms with van der Waals surface area (Å²) in [5, 5.41) is 20.4. The lowest BCUT2D eigenvalue weighted by atomic mass is 9.96. The van der Waals surface area contributed by atoms with Crippen LogP contribution in [-0.4, -0.2) is 71.6 Å². The highest BCUT2D eigenvalue weighted by molar-refractivity contribution is 7.17. The standard InChI is InChI=1S/C30H30ClF3N6O5S/c1-29(2,3)45-28(43)40-10-9-39(15-23(40)25(41)38-44-4)27-36-26(42)24(46-27)20(16-6-8-22-18(11-16)14-35-37-22)12-17-5-7-19(31)13-21(17)30(32,33)34/h5-8,11,13-14,23,42H,9-10,12,15H2,1-4H3,(H,38,41). The van der Waals surface area contributed by atoms with Crippen molar-refractivity contribution in [2.45, 2.75) is 45.0 Å². The Morgan fingerprint density at radius 1 is 1.15 bits per heavy atom. The van der Waals surface area contributed by atoms with E-state index >= 15 is 0 Å². The van der Waals surface area contributed by atoms with Gasteiger partial charge in [-0.15, -0.1) is 0 Å². The van der Waals surface area contributed by atoms with Crippen molar-refractivity contribution in [2.24, 2.45) is 10.2 Å². The Balaban J connectivity index is 1.55. The summed E-state index contributed by atoms with van der Waals surface area (Å²) in [5.74, 6) is -0.997. The number of halogens is 4. The Hall–Kier alpha value is -4.21. The number of fused-ring (bicyclic) bond motifs is 1. The molecule has 11 nitrogen and oxygen atoms in total. The number of hydrogen-bond acceptors (Lipinski definition) is 10. The first-order valence-electron chi connectivity index (χ1n) is 14.0. The number of hydrogen-bond donors (Lipinski definition) is 2. The largest absolute Gasteiger partial charge is 0.492 e. The number of carbonyl (C=O) groups is 2. The molecule has 1 aromatic heterocycles. The molecule has 5 rings (SSSR count). The van der Waals surface area contributed by atoms with Crippen LogP contribution in [-0.2, 0) is 27.0 Å². The summed E-state index contributed by atoms with van der Waals surface area (Å²) in [6.45, 7) is 5.42. The quantitative estimate of drug-likeness (QED) is 0.377. The molecule has 46 heavy (non-hydrogen) atoms. The van der Waals surface area contributed by atoms with Crippen molar-refractivity contribution in [1.29, 1.82) is 0 Å². The van der Waals surface area contributed by atoms with Crippen molar-refractivity contribution >= 4 is 51.9 Å². The molecule has 0 spiro atoms. The van der Waals surface area contributed by atoms with Gasteiger partial charge in [0.1, 0.15) is 11.6 Å². The van der Waals surface area contributed by atoms with Crippen LogP contribution in [0.2, 0.25) is 5.02 Å². The summed E-state index contributed by atoms with van der Waals surface area (Å²) in [5.41, 5.74) is 1.54. The molecule has 0 saturated carbocycles. The van der Waals surface area contributed by atoms with Crippen molar-refractivity contribution in [3.8, 4) is 5.88 Å². The van der Waals surface area contributed by atoms with E-state index in [4.69, 9.17) is 21.2 Å². The number of amides is 2. The van der Waals surface area contributed by atoms with Gasteiger partial charge in [0, 0.05) is 36.6 Å². The number of nitrogens with one attached hydrogen (secondary N) is 1. The van der Waals surface area contributed by atoms with Crippen molar-refractivity contribution in [3.05, 3.63) is 73.6 Å². The van der Waals surface area contributed by atoms with Crippen LogP contribution in [0.15, 0.2) is 46.6 Å². The van der Waals surface area contributed by atoms with E-state index < -0.39 is 41.3 Å². The van der Waals surface area contributed by atoms with Gasteiger partial charge in [-0.25, -0.2) is 10.3 Å². The number of nitrogens with zero attached hydrogens (tertiary/aromatic N) is 5. The van der Waals surface area contributed by atoms with Crippen molar-refractivity contribution in [2.75, 3.05) is 31.6 Å². The molecule has 0 aliphatic carbocycles. The van der Waals surface area contributed by atoms with Gasteiger partial charge in [-0.2, -0.15) is 28.4 Å². The summed E-state index contributed by atoms with van der Waals surface area (Å²) in [7, 11) is 1.27. The maximum Gasteiger partial charge on any atom is 0.416 e. The van der Waals surface area contributed by atoms with E-state index in [9.17, 15) is 27.9 Å². The first-order chi connectivity index (χ1) is 21.6. The lowest BCUT2D eigenvalue weighted by Gasteiger charge is -2.40. The highest BCUT2D eigenvalue weighted by atomic mass is 35.5. The Morgan fingerprint density at radius 2 is 1.91 bits per heavy atom. The molecule has 2 aliphatic rings. The molecule has 1 unspecified atom stereocenters. The van der Waals surface area contributed by atoms with Crippen molar-refractivity contribution in [1.82, 2.24) is 15.4 Å². The van der Waals surface area contributed by atoms with E-state index in [0.717, 1.165) is 17.4 Å². The molecule has 1 atom stereocenters. The number of hydroxylamine groups is 1. The molecule has 2 amide bonds. The molecule has 2 N–H and O–H groups in total. The summed E-state index contributed by atoms with van der Waals surface area (Å²) < 4.78 is 47.7. The SMILES string of the molecule is CONC(=O)C1CN(c2nc(O)c(C(Cc3ccc(Cl)cc3C(F)(F)F)=c3ccc4c(c3)C=NN=4)s2)CCN1C(=O)OC(C)(C)C. The Kier molecular flexibility index (Phi) is 9.29. The van der Waals surface area contributed by atoms with E-state index in [0.29, 0.717) is 26.8 Å². The molecule has 1 saturated heterocycles. The van der Waals surface area contributed by atoms with E-state index in [1.807, 2.05) is 0 Å². The first-order valence-corrected chi connectivity index (χ1v) is 15.2. The third kappa shape index (κ3) is 7.26. The smallest absolute Gasteiger partial charge is 0.416 e. The lowest BCUT2D eigenvalue weighted by molar-refractivity contribution is -0.138. The first kappa shape index (κ1) is 33.2. The Bertz CT molecular complexity index is 1820. The van der Waals surface area contributed by atoms with Gasteiger partial charge in [0.15, 0.2) is 5.13 Å². The van der Waals surface area contributed by atoms with Gasteiger partial charge in [-0.05, 0) is 61.4 Å². The van der Waals surface area contributed by atoms with Crippen LogP contribution < -0.4 is 21.0 Å². The van der Waals surface area contributed by atoms with Gasteiger partial charge in [0.2, 0.25) is 5.88 Å². The molecule has 2 aromatic carbocycles. The number of benzene rings is 2. The summed E-state index contributed by atoms with van der Waals surface area (Å²) in [4.78, 5) is 38.3. The van der Waals surface area contributed by atoms with Gasteiger partial charge in [-0.3, -0.25) is 14.5 Å². The molecule has 2 aliphatic heterocycles. The van der Waals surface area contributed by atoms with Crippen molar-refractivity contribution < 1.29 is 37.4 Å². The van der Waals surface area contributed by atoms with E-state index in [1.165, 1.54) is 30.4 Å². The fourth-order valence-corrected chi connectivity index (χ4v) is 6.31. The average Bonchev–Trinajstić information content (AvgIpc) is 3.61. The number of thiazole rings is 1. The highest BCUT2D eigenvalue weighted by Gasteiger charge is 2.39. The highest BCUT2D eigenvalue weighted by Crippen LogP contribution is 2.40. The molecule has 3 aromatic rings. The fraction of sp³-hybridized carbons (Fsp3) is 0.367. The van der Waals surface area contributed by atoms with Crippen LogP contribution in [0.3, 0.4) is 0 Å². The topological polar surface area (TPSA) is 129 Å². The molecule has 0 bridgehead atoms. The van der Waals surface area contributed by atoms with Gasteiger partial charge in [-0.1, -0.05) is 35.1 Å². The third-order valence-corrected chi connectivity index (χ3v) is 8.54. The minimum Gasteiger partial charge on any atom is -0.492 e. The van der Waals surface area contributed by atoms with Gasteiger partial charge >= 0.3 is 12.3 Å². The second kappa shape index (κ2) is 12.9. The molecule has 1 fully saturated rings. The second-order valence-electron chi connectivity index (χ2n) is 11.5. The molecular formula is C30H30ClF3N6O5S. The predicted molar refractivity (Wildman–Crippen MR) is 165 cm³/mol. The van der Waals surface area contributed by atoms with Crippen molar-refractivity contribution in [3.63, 3.8) is 0 Å². The van der Waals surface area contributed by atoms with E-state index in [2.05, 4.69) is 20.7 Å². The molecular weight excluding hydrogens is 649 g/mol. The zero-order valence-corrected chi connectivity index (χ0v) is 26.8. The maximum atomic E-state index is 14.1. The van der Waals surface area contributed by atoms with E-state index in [1.54, 1.807) is 43.9 Å². The number of rotatable bonds is 6. The second-order valence-corrected chi connectivity index (χ2v) is 12.9. The zero-order chi connectivity index (χ0) is 33.4. The predicted octanol–water partition coefficient (Wildman–Crippen LogP) is 4.03. The summed E-state index contributed by atoms with van der Waals surface area (Å²) >= 11 is 6.98. The van der Waals surface area contributed by atoms with Gasteiger partial charge in [0.05, 0.1) is 29.1 Å². The summed E-state index contributed by atoms with van der Waals surface area (Å²) in [6, 6.07) is 7.64. The monoisotopic (exact) mass is 678 g/mol. The number of alkyl halides is 3. The van der Waals surface area contributed by atoms with Crippen LogP contribution in [0.1, 0.15) is 42.3 Å². The number of carbonyl (C=O) groups excluding carboxylic acids is 2. The minimum absolute atomic E-state index is 0.0254. The zero-order valence-electron chi connectivity index (χ0n) is 25.2.